The maximum Gasteiger partial charge on any atom is 0.229 e. The van der Waals surface area contributed by atoms with Gasteiger partial charge in [0.05, 0.1) is 16.0 Å². The molecule has 1 aromatic rings. The smallest absolute Gasteiger partial charge is 0.229 e. The Balaban J connectivity index is 0.00000208. The van der Waals surface area contributed by atoms with E-state index in [9.17, 15) is 4.79 Å². The van der Waals surface area contributed by atoms with Crippen molar-refractivity contribution in [3.63, 3.8) is 0 Å². The molecule has 0 spiro atoms. The third-order valence-corrected chi connectivity index (χ3v) is 5.70. The second-order valence-electron chi connectivity index (χ2n) is 6.41. The van der Waals surface area contributed by atoms with E-state index in [1.807, 2.05) is 17.9 Å². The number of carbonyl (C=O) groups excluding carboxylic acids is 1. The van der Waals surface area contributed by atoms with E-state index in [4.69, 9.17) is 23.2 Å². The van der Waals surface area contributed by atoms with E-state index in [-0.39, 0.29) is 24.2 Å². The third-order valence-electron chi connectivity index (χ3n) is 4.96. The molecule has 24 heavy (non-hydrogen) atoms. The number of halogens is 3. The van der Waals surface area contributed by atoms with Gasteiger partial charge in [-0.15, -0.1) is 12.4 Å². The van der Waals surface area contributed by atoms with Crippen molar-refractivity contribution < 1.29 is 4.79 Å². The molecular weight excluding hydrogens is 369 g/mol. The molecule has 3 rings (SSSR count). The number of carbonyl (C=O) groups is 1. The molecule has 7 heteroatoms. The second kappa shape index (κ2) is 8.72. The van der Waals surface area contributed by atoms with Gasteiger partial charge in [-0.2, -0.15) is 0 Å². The molecule has 0 aromatic heterocycles. The van der Waals surface area contributed by atoms with Gasteiger partial charge in [-0.1, -0.05) is 29.3 Å². The highest BCUT2D eigenvalue weighted by molar-refractivity contribution is 6.42. The molecule has 0 radical (unpaired) electrons. The van der Waals surface area contributed by atoms with Crippen LogP contribution < -0.4 is 5.32 Å². The van der Waals surface area contributed by atoms with E-state index in [0.29, 0.717) is 16.1 Å². The van der Waals surface area contributed by atoms with Gasteiger partial charge in [0.1, 0.15) is 0 Å². The molecule has 1 amide bonds. The van der Waals surface area contributed by atoms with Crippen LogP contribution >= 0.6 is 35.6 Å². The first-order valence-electron chi connectivity index (χ1n) is 8.25. The van der Waals surface area contributed by atoms with Crippen molar-refractivity contribution in [2.75, 3.05) is 39.3 Å². The lowest BCUT2D eigenvalue weighted by molar-refractivity contribution is -0.131. The number of nitrogens with one attached hydrogen (secondary N) is 1. The molecule has 0 saturated carbocycles. The number of benzene rings is 1. The summed E-state index contributed by atoms with van der Waals surface area (Å²) < 4.78 is 0. The Labute approximate surface area is 159 Å². The van der Waals surface area contributed by atoms with E-state index in [2.05, 4.69) is 10.2 Å². The summed E-state index contributed by atoms with van der Waals surface area (Å²) in [4.78, 5) is 17.3. The molecule has 2 atom stereocenters. The lowest BCUT2D eigenvalue weighted by atomic mass is 10.00. The minimum absolute atomic E-state index is 0. The fraction of sp³-hybridized carbons (Fsp3) is 0.588. The highest BCUT2D eigenvalue weighted by Gasteiger charge is 2.33. The summed E-state index contributed by atoms with van der Waals surface area (Å²) in [6.07, 6.45) is 1.07. The van der Waals surface area contributed by atoms with Crippen molar-refractivity contribution in [1.82, 2.24) is 15.1 Å². The number of likely N-dealkylation sites (tertiary alicyclic amines) is 1. The fourth-order valence-electron chi connectivity index (χ4n) is 3.49. The Morgan fingerprint density at radius 3 is 2.58 bits per heavy atom. The zero-order chi connectivity index (χ0) is 16.4. The zero-order valence-corrected chi connectivity index (χ0v) is 16.1. The van der Waals surface area contributed by atoms with E-state index >= 15 is 0 Å². The minimum atomic E-state index is -0.188. The molecule has 2 fully saturated rings. The molecule has 2 aliphatic rings. The molecule has 1 aromatic carbocycles. The van der Waals surface area contributed by atoms with Gasteiger partial charge in [0, 0.05) is 45.3 Å². The Kier molecular flexibility index (Phi) is 7.20. The van der Waals surface area contributed by atoms with Crippen LogP contribution in [0.4, 0.5) is 0 Å². The van der Waals surface area contributed by atoms with Crippen LogP contribution in [0.1, 0.15) is 24.8 Å². The van der Waals surface area contributed by atoms with Crippen molar-refractivity contribution in [2.24, 2.45) is 0 Å². The number of hydrogen-bond acceptors (Lipinski definition) is 3. The van der Waals surface area contributed by atoms with E-state index in [1.54, 1.807) is 12.1 Å². The Morgan fingerprint density at radius 2 is 1.92 bits per heavy atom. The van der Waals surface area contributed by atoms with Crippen LogP contribution in [-0.4, -0.2) is 61.0 Å². The topological polar surface area (TPSA) is 35.6 Å². The highest BCUT2D eigenvalue weighted by Crippen LogP contribution is 2.28. The first-order valence-corrected chi connectivity index (χ1v) is 9.00. The van der Waals surface area contributed by atoms with Gasteiger partial charge in [-0.3, -0.25) is 9.69 Å². The van der Waals surface area contributed by atoms with Crippen LogP contribution in [0.3, 0.4) is 0 Å². The van der Waals surface area contributed by atoms with Gasteiger partial charge < -0.3 is 10.2 Å². The summed E-state index contributed by atoms with van der Waals surface area (Å²) in [5.41, 5.74) is 0.926. The molecule has 4 nitrogen and oxygen atoms in total. The maximum atomic E-state index is 12.8. The third kappa shape index (κ3) is 4.36. The molecule has 2 saturated heterocycles. The minimum Gasteiger partial charge on any atom is -0.341 e. The molecule has 2 unspecified atom stereocenters. The second-order valence-corrected chi connectivity index (χ2v) is 7.22. The number of nitrogens with zero attached hydrogens (tertiary/aromatic N) is 2. The number of piperazine rings is 1. The Morgan fingerprint density at radius 1 is 1.21 bits per heavy atom. The van der Waals surface area contributed by atoms with Crippen molar-refractivity contribution in [3.8, 4) is 0 Å². The van der Waals surface area contributed by atoms with E-state index < -0.39 is 0 Å². The molecular formula is C17H24Cl3N3O. The lowest BCUT2D eigenvalue weighted by Gasteiger charge is -2.32. The summed E-state index contributed by atoms with van der Waals surface area (Å²) in [7, 11) is 0. The SMILES string of the molecule is CC(C(=O)N1CCC(N2CCNCC2)C1)c1ccc(Cl)c(Cl)c1.Cl. The monoisotopic (exact) mass is 391 g/mol. The van der Waals surface area contributed by atoms with Crippen LogP contribution in [0.5, 0.6) is 0 Å². The summed E-state index contributed by atoms with van der Waals surface area (Å²) in [5.74, 6) is -0.00689. The zero-order valence-electron chi connectivity index (χ0n) is 13.8. The van der Waals surface area contributed by atoms with Gasteiger partial charge in [0.25, 0.3) is 0 Å². The molecule has 2 aliphatic heterocycles. The van der Waals surface area contributed by atoms with Gasteiger partial charge in [-0.05, 0) is 31.0 Å². The van der Waals surface area contributed by atoms with Gasteiger partial charge in [0.2, 0.25) is 5.91 Å². The van der Waals surface area contributed by atoms with Gasteiger partial charge >= 0.3 is 0 Å². The van der Waals surface area contributed by atoms with Crippen molar-refractivity contribution in [2.45, 2.75) is 25.3 Å². The number of amides is 1. The molecule has 0 bridgehead atoms. The summed E-state index contributed by atoms with van der Waals surface area (Å²) in [6.45, 7) is 7.88. The molecule has 0 aliphatic carbocycles. The number of rotatable bonds is 3. The van der Waals surface area contributed by atoms with E-state index in [1.165, 1.54) is 0 Å². The van der Waals surface area contributed by atoms with Gasteiger partial charge in [-0.25, -0.2) is 0 Å². The van der Waals surface area contributed by atoms with Crippen molar-refractivity contribution >= 4 is 41.5 Å². The average molecular weight is 393 g/mol. The van der Waals surface area contributed by atoms with Crippen LogP contribution in [0, 0.1) is 0 Å². The number of hydrogen-bond donors (Lipinski definition) is 1. The summed E-state index contributed by atoms with van der Waals surface area (Å²) >= 11 is 12.0. The first kappa shape index (κ1) is 19.8. The first-order chi connectivity index (χ1) is 11.1. The van der Waals surface area contributed by atoms with E-state index in [0.717, 1.165) is 51.3 Å². The normalized spacial score (nSPS) is 23.0. The van der Waals surface area contributed by atoms with Crippen LogP contribution in [0.25, 0.3) is 0 Å². The lowest BCUT2D eigenvalue weighted by Crippen LogP contribution is -2.49. The van der Waals surface area contributed by atoms with Crippen LogP contribution in [-0.2, 0) is 4.79 Å². The molecule has 2 heterocycles. The average Bonchev–Trinajstić information content (AvgIpc) is 3.07. The summed E-state index contributed by atoms with van der Waals surface area (Å²) in [5, 5.41) is 4.40. The molecule has 134 valence electrons. The fourth-order valence-corrected chi connectivity index (χ4v) is 3.79. The summed E-state index contributed by atoms with van der Waals surface area (Å²) in [6, 6.07) is 5.95. The Hall–Kier alpha value is -0.520. The quantitative estimate of drug-likeness (QED) is 0.859. The predicted molar refractivity (Wildman–Crippen MR) is 102 cm³/mol. The Bertz CT molecular complexity index is 578. The highest BCUT2D eigenvalue weighted by atomic mass is 35.5. The molecule has 1 N–H and O–H groups in total. The van der Waals surface area contributed by atoms with Crippen molar-refractivity contribution in [1.29, 1.82) is 0 Å². The van der Waals surface area contributed by atoms with Crippen molar-refractivity contribution in [3.05, 3.63) is 33.8 Å². The largest absolute Gasteiger partial charge is 0.341 e. The maximum absolute atomic E-state index is 12.8. The van der Waals surface area contributed by atoms with Crippen LogP contribution in [0.2, 0.25) is 10.0 Å². The predicted octanol–water partition coefficient (Wildman–Crippen LogP) is 3.02. The standard InChI is InChI=1S/C17H23Cl2N3O.ClH/c1-12(13-2-3-15(18)16(19)10-13)17(23)22-7-4-14(11-22)21-8-5-20-6-9-21;/h2-3,10,12,14,20H,4-9,11H2,1H3;1H. The van der Waals surface area contributed by atoms with Crippen LogP contribution in [0.15, 0.2) is 18.2 Å². The van der Waals surface area contributed by atoms with Gasteiger partial charge in [0.15, 0.2) is 0 Å².